The first-order valence-electron chi connectivity index (χ1n) is 10.5. The Labute approximate surface area is 161 Å². The van der Waals surface area contributed by atoms with E-state index in [1.165, 1.54) is 43.1 Å². The summed E-state index contributed by atoms with van der Waals surface area (Å²) in [5.41, 5.74) is 0.122. The summed E-state index contributed by atoms with van der Waals surface area (Å²) in [4.78, 5) is 31.3. The molecule has 7 nitrogen and oxygen atoms in total. The SMILES string of the molecule is CCCCCCCCCCn1c(N[C@H](C)CC)nc2c1c(=O)[nH]c(=O)n2C. The maximum Gasteiger partial charge on any atom is 0.329 e. The van der Waals surface area contributed by atoms with Crippen molar-refractivity contribution in [1.82, 2.24) is 19.1 Å². The summed E-state index contributed by atoms with van der Waals surface area (Å²) < 4.78 is 3.35. The number of unbranched alkanes of at least 4 members (excludes halogenated alkanes) is 7. The zero-order valence-electron chi connectivity index (χ0n) is 17.3. The zero-order chi connectivity index (χ0) is 19.8. The molecule has 2 heterocycles. The van der Waals surface area contributed by atoms with Crippen molar-refractivity contribution in [3.8, 4) is 0 Å². The molecule has 0 saturated heterocycles. The van der Waals surface area contributed by atoms with E-state index in [4.69, 9.17) is 0 Å². The highest BCUT2D eigenvalue weighted by molar-refractivity contribution is 5.74. The van der Waals surface area contributed by atoms with Crippen LogP contribution >= 0.6 is 0 Å². The second kappa shape index (κ2) is 10.3. The number of hydrogen-bond donors (Lipinski definition) is 2. The van der Waals surface area contributed by atoms with E-state index in [1.54, 1.807) is 7.05 Å². The Morgan fingerprint density at radius 3 is 2.30 bits per heavy atom. The van der Waals surface area contributed by atoms with Crippen molar-refractivity contribution in [3.05, 3.63) is 20.8 Å². The third-order valence-corrected chi connectivity index (χ3v) is 5.23. The molecule has 2 rings (SSSR count). The second-order valence-electron chi connectivity index (χ2n) is 7.51. The number of aromatic nitrogens is 4. The second-order valence-corrected chi connectivity index (χ2v) is 7.51. The van der Waals surface area contributed by atoms with Gasteiger partial charge in [-0.25, -0.2) is 4.79 Å². The summed E-state index contributed by atoms with van der Waals surface area (Å²) >= 11 is 0. The standard InChI is InChI=1S/C20H35N5O2/c1-5-7-8-9-10-11-12-13-14-25-16-17(22-19(25)21-15(3)6-2)24(4)20(27)23-18(16)26/h15H,5-14H2,1-4H3,(H,21,22)(H,23,26,27)/t15-/m1/s1. The van der Waals surface area contributed by atoms with Crippen LogP contribution in [0.3, 0.4) is 0 Å². The molecule has 2 aromatic heterocycles. The molecular weight excluding hydrogens is 342 g/mol. The van der Waals surface area contributed by atoms with E-state index in [-0.39, 0.29) is 11.6 Å². The first kappa shape index (κ1) is 21.3. The average molecular weight is 378 g/mol. The van der Waals surface area contributed by atoms with Gasteiger partial charge in [-0.05, 0) is 19.8 Å². The number of hydrogen-bond acceptors (Lipinski definition) is 4. The van der Waals surface area contributed by atoms with E-state index in [1.807, 2.05) is 4.57 Å². The van der Waals surface area contributed by atoms with Crippen LogP contribution in [0.4, 0.5) is 5.95 Å². The van der Waals surface area contributed by atoms with Crippen molar-refractivity contribution in [3.63, 3.8) is 0 Å². The fourth-order valence-electron chi connectivity index (χ4n) is 3.29. The molecule has 0 aromatic carbocycles. The highest BCUT2D eigenvalue weighted by atomic mass is 16.2. The van der Waals surface area contributed by atoms with E-state index in [9.17, 15) is 9.59 Å². The molecule has 1 atom stereocenters. The van der Waals surface area contributed by atoms with Gasteiger partial charge < -0.3 is 9.88 Å². The van der Waals surface area contributed by atoms with Crippen LogP contribution in [-0.4, -0.2) is 25.1 Å². The summed E-state index contributed by atoms with van der Waals surface area (Å²) in [6.07, 6.45) is 10.8. The molecule has 0 aliphatic heterocycles. The van der Waals surface area contributed by atoms with Gasteiger partial charge in [-0.2, -0.15) is 4.98 Å². The number of aryl methyl sites for hydroxylation is 2. The fourth-order valence-corrected chi connectivity index (χ4v) is 3.29. The average Bonchev–Trinajstić information content (AvgIpc) is 3.00. The molecule has 2 N–H and O–H groups in total. The van der Waals surface area contributed by atoms with E-state index < -0.39 is 5.69 Å². The topological polar surface area (TPSA) is 84.7 Å². The summed E-state index contributed by atoms with van der Waals surface area (Å²) in [5, 5.41) is 3.38. The molecule has 0 saturated carbocycles. The molecule has 0 aliphatic carbocycles. The Bertz CT molecular complexity index is 833. The van der Waals surface area contributed by atoms with E-state index in [2.05, 4.69) is 36.1 Å². The molecule has 0 fully saturated rings. The fraction of sp³-hybridized carbons (Fsp3) is 0.750. The highest BCUT2D eigenvalue weighted by Crippen LogP contribution is 2.18. The minimum absolute atomic E-state index is 0.246. The number of fused-ring (bicyclic) bond motifs is 1. The third-order valence-electron chi connectivity index (χ3n) is 5.23. The van der Waals surface area contributed by atoms with Gasteiger partial charge >= 0.3 is 5.69 Å². The predicted molar refractivity (Wildman–Crippen MR) is 112 cm³/mol. The van der Waals surface area contributed by atoms with Crippen molar-refractivity contribution in [2.75, 3.05) is 5.32 Å². The largest absolute Gasteiger partial charge is 0.353 e. The van der Waals surface area contributed by atoms with Gasteiger partial charge in [-0.15, -0.1) is 0 Å². The maximum absolute atomic E-state index is 12.4. The molecule has 0 radical (unpaired) electrons. The van der Waals surface area contributed by atoms with Gasteiger partial charge in [-0.3, -0.25) is 14.3 Å². The normalized spacial score (nSPS) is 12.6. The molecule has 0 aliphatic rings. The van der Waals surface area contributed by atoms with Crippen molar-refractivity contribution in [2.45, 2.75) is 91.1 Å². The van der Waals surface area contributed by atoms with Crippen LogP contribution in [0.2, 0.25) is 0 Å². The van der Waals surface area contributed by atoms with Crippen LogP contribution < -0.4 is 16.6 Å². The number of nitrogens with zero attached hydrogens (tertiary/aromatic N) is 3. The molecule has 0 spiro atoms. The van der Waals surface area contributed by atoms with Crippen LogP contribution in [0.5, 0.6) is 0 Å². The first-order chi connectivity index (χ1) is 13.0. The predicted octanol–water partition coefficient (Wildman–Crippen LogP) is 3.77. The molecule has 0 unspecified atom stereocenters. The van der Waals surface area contributed by atoms with Crippen molar-refractivity contribution in [1.29, 1.82) is 0 Å². The zero-order valence-corrected chi connectivity index (χ0v) is 17.3. The molecule has 152 valence electrons. The number of H-pyrrole nitrogens is 1. The molecule has 7 heteroatoms. The highest BCUT2D eigenvalue weighted by Gasteiger charge is 2.17. The van der Waals surface area contributed by atoms with Crippen LogP contribution in [0.1, 0.15) is 78.6 Å². The summed E-state index contributed by atoms with van der Waals surface area (Å²) in [7, 11) is 1.64. The number of anilines is 1. The third kappa shape index (κ3) is 5.47. The first-order valence-corrected chi connectivity index (χ1v) is 10.5. The summed E-state index contributed by atoms with van der Waals surface area (Å²) in [6.45, 7) is 7.15. The van der Waals surface area contributed by atoms with E-state index in [0.717, 1.165) is 25.8 Å². The number of rotatable bonds is 12. The summed E-state index contributed by atoms with van der Waals surface area (Å²) in [6, 6.07) is 0.246. The van der Waals surface area contributed by atoms with Gasteiger partial charge in [0.05, 0.1) is 0 Å². The number of nitrogens with one attached hydrogen (secondary N) is 2. The lowest BCUT2D eigenvalue weighted by Gasteiger charge is -2.14. The van der Waals surface area contributed by atoms with Gasteiger partial charge in [0.2, 0.25) is 5.95 Å². The minimum atomic E-state index is -0.431. The van der Waals surface area contributed by atoms with Crippen molar-refractivity contribution >= 4 is 17.1 Å². The van der Waals surface area contributed by atoms with E-state index in [0.29, 0.717) is 17.1 Å². The quantitative estimate of drug-likeness (QED) is 0.551. The van der Waals surface area contributed by atoms with Crippen molar-refractivity contribution in [2.24, 2.45) is 7.05 Å². The van der Waals surface area contributed by atoms with Gasteiger partial charge in [0.15, 0.2) is 11.2 Å². The maximum atomic E-state index is 12.4. The molecular formula is C20H35N5O2. The Kier molecular flexibility index (Phi) is 8.13. The van der Waals surface area contributed by atoms with Crippen LogP contribution in [0.25, 0.3) is 11.2 Å². The Hall–Kier alpha value is -2.05. The molecule has 0 amide bonds. The number of imidazole rings is 1. The van der Waals surface area contributed by atoms with Crippen LogP contribution in [0.15, 0.2) is 9.59 Å². The smallest absolute Gasteiger partial charge is 0.329 e. The number of aromatic amines is 1. The molecule has 0 bridgehead atoms. The minimum Gasteiger partial charge on any atom is -0.353 e. The van der Waals surface area contributed by atoms with Crippen LogP contribution in [0, 0.1) is 0 Å². The van der Waals surface area contributed by atoms with Gasteiger partial charge in [-0.1, -0.05) is 58.8 Å². The van der Waals surface area contributed by atoms with Crippen molar-refractivity contribution < 1.29 is 0 Å². The molecule has 27 heavy (non-hydrogen) atoms. The Balaban J connectivity index is 2.13. The van der Waals surface area contributed by atoms with E-state index >= 15 is 0 Å². The van der Waals surface area contributed by atoms with Gasteiger partial charge in [0.1, 0.15) is 0 Å². The Morgan fingerprint density at radius 2 is 1.67 bits per heavy atom. The van der Waals surface area contributed by atoms with Crippen LogP contribution in [-0.2, 0) is 13.6 Å². The molecule has 2 aromatic rings. The van der Waals surface area contributed by atoms with Gasteiger partial charge in [0.25, 0.3) is 5.56 Å². The monoisotopic (exact) mass is 377 g/mol. The lowest BCUT2D eigenvalue weighted by molar-refractivity contribution is 0.548. The summed E-state index contributed by atoms with van der Waals surface area (Å²) in [5.74, 6) is 0.675. The Morgan fingerprint density at radius 1 is 1.04 bits per heavy atom. The van der Waals surface area contributed by atoms with Gasteiger partial charge in [0, 0.05) is 19.6 Å². The lowest BCUT2D eigenvalue weighted by Crippen LogP contribution is -2.29. The lowest BCUT2D eigenvalue weighted by atomic mass is 10.1.